The van der Waals surface area contributed by atoms with Crippen LogP contribution in [0.5, 0.6) is 0 Å². The molecule has 0 bridgehead atoms. The summed E-state index contributed by atoms with van der Waals surface area (Å²) in [5, 5.41) is 5.84. The van der Waals surface area contributed by atoms with Crippen molar-refractivity contribution in [1.29, 1.82) is 0 Å². The smallest absolute Gasteiger partial charge is 0.269 e. The van der Waals surface area contributed by atoms with Crippen molar-refractivity contribution in [2.45, 2.75) is 57.9 Å². The van der Waals surface area contributed by atoms with Gasteiger partial charge in [-0.2, -0.15) is 5.10 Å². The number of ether oxygens (including phenoxy) is 1. The summed E-state index contributed by atoms with van der Waals surface area (Å²) < 4.78 is 7.04. The summed E-state index contributed by atoms with van der Waals surface area (Å²) in [6.07, 6.45) is 3.59. The van der Waals surface area contributed by atoms with Crippen LogP contribution in [0.25, 0.3) is 22.3 Å². The summed E-state index contributed by atoms with van der Waals surface area (Å²) >= 11 is 0. The van der Waals surface area contributed by atoms with Gasteiger partial charge in [0.1, 0.15) is 5.69 Å². The van der Waals surface area contributed by atoms with Crippen LogP contribution >= 0.6 is 0 Å². The molecule has 1 atom stereocenters. The van der Waals surface area contributed by atoms with Crippen LogP contribution in [0.2, 0.25) is 0 Å². The molecule has 1 aromatic carbocycles. The molecule has 0 radical (unpaired) electrons. The summed E-state index contributed by atoms with van der Waals surface area (Å²) in [6.45, 7) is 10.5. The van der Waals surface area contributed by atoms with Gasteiger partial charge in [0.2, 0.25) is 0 Å². The lowest BCUT2D eigenvalue weighted by Gasteiger charge is -2.35. The van der Waals surface area contributed by atoms with Gasteiger partial charge in [0.25, 0.3) is 5.56 Å². The van der Waals surface area contributed by atoms with Crippen molar-refractivity contribution in [3.8, 4) is 11.4 Å². The Bertz CT molecular complexity index is 1150. The number of likely N-dealkylation sites (tertiary alicyclic amines) is 1. The predicted octanol–water partition coefficient (Wildman–Crippen LogP) is 4.33. The minimum atomic E-state index is -0.0475. The van der Waals surface area contributed by atoms with E-state index in [0.717, 1.165) is 43.2 Å². The van der Waals surface area contributed by atoms with Gasteiger partial charge in [0.05, 0.1) is 12.3 Å². The summed E-state index contributed by atoms with van der Waals surface area (Å²) in [5.74, 6) is 0.951. The van der Waals surface area contributed by atoms with Gasteiger partial charge in [0.15, 0.2) is 0 Å². The molecule has 4 heterocycles. The first-order valence-corrected chi connectivity index (χ1v) is 11.9. The molecule has 2 aliphatic heterocycles. The van der Waals surface area contributed by atoms with E-state index in [-0.39, 0.29) is 5.56 Å². The number of nitrogens with one attached hydrogen (secondary N) is 1. The van der Waals surface area contributed by atoms with Crippen LogP contribution in [0.1, 0.15) is 61.6 Å². The zero-order valence-electron chi connectivity index (χ0n) is 19.6. The molecule has 2 aliphatic rings. The number of benzene rings is 1. The van der Waals surface area contributed by atoms with Crippen molar-refractivity contribution < 1.29 is 4.74 Å². The Morgan fingerprint density at radius 3 is 2.59 bits per heavy atom. The van der Waals surface area contributed by atoms with Gasteiger partial charge in [-0.3, -0.25) is 9.69 Å². The normalized spacial score (nSPS) is 20.6. The number of rotatable bonds is 4. The highest BCUT2D eigenvalue weighted by Gasteiger charge is 2.28. The number of aryl methyl sites for hydroxylation is 2. The Morgan fingerprint density at radius 1 is 1.16 bits per heavy atom. The van der Waals surface area contributed by atoms with E-state index in [0.29, 0.717) is 23.4 Å². The van der Waals surface area contributed by atoms with Crippen LogP contribution in [0, 0.1) is 6.92 Å². The Hall–Kier alpha value is -2.44. The zero-order chi connectivity index (χ0) is 22.4. The minimum Gasteiger partial charge on any atom is -0.380 e. The van der Waals surface area contributed by atoms with Crippen LogP contribution in [-0.4, -0.2) is 52.0 Å². The van der Waals surface area contributed by atoms with E-state index in [1.165, 1.54) is 40.5 Å². The topological polar surface area (TPSA) is 63.2 Å². The first-order chi connectivity index (χ1) is 15.4. The maximum Gasteiger partial charge on any atom is 0.269 e. The van der Waals surface area contributed by atoms with Gasteiger partial charge in [-0.25, -0.2) is 4.68 Å². The third kappa shape index (κ3) is 3.80. The lowest BCUT2D eigenvalue weighted by molar-refractivity contribution is 0.122. The molecule has 170 valence electrons. The van der Waals surface area contributed by atoms with Gasteiger partial charge >= 0.3 is 0 Å². The van der Waals surface area contributed by atoms with Crippen molar-refractivity contribution >= 4 is 10.9 Å². The van der Waals surface area contributed by atoms with Gasteiger partial charge in [-0.05, 0) is 80.4 Å². The Labute approximate surface area is 189 Å². The van der Waals surface area contributed by atoms with E-state index in [2.05, 4.69) is 47.0 Å². The molecule has 0 amide bonds. The van der Waals surface area contributed by atoms with Crippen molar-refractivity contribution in [3.63, 3.8) is 0 Å². The van der Waals surface area contributed by atoms with Crippen LogP contribution in [0.4, 0.5) is 0 Å². The maximum absolute atomic E-state index is 12.1. The van der Waals surface area contributed by atoms with Crippen molar-refractivity contribution in [1.82, 2.24) is 19.7 Å². The largest absolute Gasteiger partial charge is 0.380 e. The molecule has 0 saturated carbocycles. The summed E-state index contributed by atoms with van der Waals surface area (Å²) in [5.41, 5.74) is 6.39. The van der Waals surface area contributed by atoms with E-state index >= 15 is 0 Å². The highest BCUT2D eigenvalue weighted by molar-refractivity contribution is 5.91. The zero-order valence-corrected chi connectivity index (χ0v) is 19.6. The van der Waals surface area contributed by atoms with Gasteiger partial charge < -0.3 is 9.72 Å². The van der Waals surface area contributed by atoms with Crippen molar-refractivity contribution in [2.75, 3.05) is 26.3 Å². The summed E-state index contributed by atoms with van der Waals surface area (Å²) in [7, 11) is 1.72. The molecule has 2 fully saturated rings. The summed E-state index contributed by atoms with van der Waals surface area (Å²) in [4.78, 5) is 18.4. The predicted molar refractivity (Wildman–Crippen MR) is 128 cm³/mol. The van der Waals surface area contributed by atoms with Gasteiger partial charge in [-0.1, -0.05) is 19.9 Å². The van der Waals surface area contributed by atoms with E-state index in [1.807, 2.05) is 13.0 Å². The molecular formula is C26H34N4O2. The quantitative estimate of drug-likeness (QED) is 0.664. The van der Waals surface area contributed by atoms with E-state index in [9.17, 15) is 4.79 Å². The lowest BCUT2D eigenvalue weighted by Crippen LogP contribution is -2.41. The number of aromatic amines is 1. The standard InChI is InChI=1S/C26H34N4O2/c1-16(2)24-21-14-19(18-7-10-30(11-8-18)20-9-12-32-15-20)5-6-22(21)27-25(24)23-13-17(3)26(31)29(4)28-23/h5-6,13-14,16,18,20,27H,7-12,15H2,1-4H3. The molecule has 32 heavy (non-hydrogen) atoms. The van der Waals surface area contributed by atoms with Gasteiger partial charge in [-0.15, -0.1) is 0 Å². The fourth-order valence-electron chi connectivity index (χ4n) is 5.57. The number of fused-ring (bicyclic) bond motifs is 1. The molecule has 0 aliphatic carbocycles. The van der Waals surface area contributed by atoms with E-state index in [4.69, 9.17) is 4.74 Å². The van der Waals surface area contributed by atoms with Crippen LogP contribution < -0.4 is 5.56 Å². The fraction of sp³-hybridized carbons (Fsp3) is 0.538. The molecule has 0 spiro atoms. The second kappa shape index (κ2) is 8.49. The number of H-pyrrole nitrogens is 1. The molecule has 3 aromatic rings. The molecular weight excluding hydrogens is 400 g/mol. The Morgan fingerprint density at radius 2 is 1.94 bits per heavy atom. The van der Waals surface area contributed by atoms with E-state index < -0.39 is 0 Å². The molecule has 2 saturated heterocycles. The molecule has 1 N–H and O–H groups in total. The molecule has 6 heteroatoms. The SMILES string of the molecule is Cc1cc(-c2[nH]c3ccc(C4CCN(C5CCOC5)CC4)cc3c2C(C)C)nn(C)c1=O. The first-order valence-electron chi connectivity index (χ1n) is 11.9. The Kier molecular flexibility index (Phi) is 5.68. The minimum absolute atomic E-state index is 0.0475. The third-order valence-corrected chi connectivity index (χ3v) is 7.36. The highest BCUT2D eigenvalue weighted by Crippen LogP contribution is 2.38. The second-order valence-electron chi connectivity index (χ2n) is 9.84. The number of aromatic nitrogens is 3. The highest BCUT2D eigenvalue weighted by atomic mass is 16.5. The second-order valence-corrected chi connectivity index (χ2v) is 9.84. The lowest BCUT2D eigenvalue weighted by atomic mass is 9.87. The van der Waals surface area contributed by atoms with E-state index in [1.54, 1.807) is 7.05 Å². The first kappa shape index (κ1) is 21.4. The monoisotopic (exact) mass is 434 g/mol. The average molecular weight is 435 g/mol. The average Bonchev–Trinajstić information content (AvgIpc) is 3.45. The van der Waals surface area contributed by atoms with Crippen LogP contribution in [-0.2, 0) is 11.8 Å². The Balaban J connectivity index is 1.48. The molecule has 5 rings (SSSR count). The number of nitrogens with zero attached hydrogens (tertiary/aromatic N) is 3. The van der Waals surface area contributed by atoms with Crippen molar-refractivity contribution in [2.24, 2.45) is 7.05 Å². The molecule has 1 unspecified atom stereocenters. The summed E-state index contributed by atoms with van der Waals surface area (Å²) in [6, 6.07) is 9.45. The number of hydrogen-bond donors (Lipinski definition) is 1. The van der Waals surface area contributed by atoms with Crippen LogP contribution in [0.3, 0.4) is 0 Å². The molecule has 2 aromatic heterocycles. The van der Waals surface area contributed by atoms with Crippen molar-refractivity contribution in [3.05, 3.63) is 51.3 Å². The molecule has 6 nitrogen and oxygen atoms in total. The fourth-order valence-corrected chi connectivity index (χ4v) is 5.57. The number of hydrogen-bond acceptors (Lipinski definition) is 4. The van der Waals surface area contributed by atoms with Gasteiger partial charge in [0, 0.05) is 36.2 Å². The van der Waals surface area contributed by atoms with Crippen LogP contribution in [0.15, 0.2) is 29.1 Å². The third-order valence-electron chi connectivity index (χ3n) is 7.36. The maximum atomic E-state index is 12.1. The number of piperidine rings is 1.